The molecule has 1 aliphatic carbocycles. The summed E-state index contributed by atoms with van der Waals surface area (Å²) in [6.45, 7) is 6.52. The molecule has 146 valence electrons. The summed E-state index contributed by atoms with van der Waals surface area (Å²) in [5.74, 6) is 1.42. The van der Waals surface area contributed by atoms with Crippen LogP contribution in [0.2, 0.25) is 0 Å². The molecule has 2 aliphatic heterocycles. The molecule has 0 saturated heterocycles. The van der Waals surface area contributed by atoms with E-state index < -0.39 is 15.6 Å². The molecule has 1 fully saturated rings. The van der Waals surface area contributed by atoms with Crippen molar-refractivity contribution < 1.29 is 13.3 Å². The number of rotatable bonds is 7. The molecule has 1 aromatic rings. The number of nitrogens with zero attached hydrogens (tertiary/aromatic N) is 4. The Morgan fingerprint density at radius 3 is 2.81 bits per heavy atom. The summed E-state index contributed by atoms with van der Waals surface area (Å²) in [4.78, 5) is 17.1. The van der Waals surface area contributed by atoms with Crippen LogP contribution in [0.15, 0.2) is 29.0 Å². The first-order valence-electron chi connectivity index (χ1n) is 9.23. The second-order valence-electron chi connectivity index (χ2n) is 7.71. The average Bonchev–Trinajstić information content (AvgIpc) is 3.36. The second kappa shape index (κ2) is 6.57. The van der Waals surface area contributed by atoms with Crippen molar-refractivity contribution in [2.45, 2.75) is 39.2 Å². The van der Waals surface area contributed by atoms with Gasteiger partial charge < -0.3 is 4.90 Å². The lowest BCUT2D eigenvalue weighted by Gasteiger charge is -2.29. The number of aliphatic imine (C=N–C) groups is 1. The lowest BCUT2D eigenvalue weighted by atomic mass is 10.0. The highest BCUT2D eigenvalue weighted by molar-refractivity contribution is 7.89. The van der Waals surface area contributed by atoms with E-state index in [0.717, 1.165) is 18.0 Å². The summed E-state index contributed by atoms with van der Waals surface area (Å²) >= 11 is 0. The van der Waals surface area contributed by atoms with Gasteiger partial charge in [0.15, 0.2) is 5.82 Å². The zero-order chi connectivity index (χ0) is 19.2. The quantitative estimate of drug-likeness (QED) is 0.767. The molecule has 0 unspecified atom stereocenters. The molecular formula is C18H25N5O3S. The largest absolute Gasteiger partial charge is 0.301 e. The highest BCUT2D eigenvalue weighted by Crippen LogP contribution is 2.37. The Kier molecular flexibility index (Phi) is 4.48. The topological polar surface area (TPSA) is 87.1 Å². The Morgan fingerprint density at radius 2 is 2.11 bits per heavy atom. The first-order chi connectivity index (χ1) is 12.8. The Hall–Kier alpha value is -1.97. The number of nitrogens with one attached hydrogen (secondary N) is 1. The fourth-order valence-corrected chi connectivity index (χ4v) is 4.10. The number of hydrogen-bond acceptors (Lipinski definition) is 7. The van der Waals surface area contributed by atoms with E-state index in [9.17, 15) is 8.42 Å². The minimum absolute atomic E-state index is 0.0258. The van der Waals surface area contributed by atoms with E-state index in [1.807, 2.05) is 42.1 Å². The number of allylic oxidation sites excluding steroid dienone is 1. The molecule has 0 aromatic carbocycles. The second-order valence-corrected chi connectivity index (χ2v) is 9.72. The summed E-state index contributed by atoms with van der Waals surface area (Å²) in [5.41, 5.74) is 1.49. The summed E-state index contributed by atoms with van der Waals surface area (Å²) in [6.07, 6.45) is 6.21. The van der Waals surface area contributed by atoms with Crippen molar-refractivity contribution in [1.29, 1.82) is 0 Å². The minimum Gasteiger partial charge on any atom is -0.301 e. The zero-order valence-electron chi connectivity index (χ0n) is 15.8. The average molecular weight is 391 g/mol. The van der Waals surface area contributed by atoms with Crippen LogP contribution in [0.1, 0.15) is 39.3 Å². The third-order valence-electron chi connectivity index (χ3n) is 4.92. The van der Waals surface area contributed by atoms with Gasteiger partial charge in [-0.15, -0.1) is 0 Å². The van der Waals surface area contributed by atoms with E-state index in [2.05, 4.69) is 9.71 Å². The predicted octanol–water partition coefficient (Wildman–Crippen LogP) is 2.23. The maximum atomic E-state index is 12.0. The number of anilines is 1. The van der Waals surface area contributed by atoms with Crippen LogP contribution in [0, 0.1) is 5.92 Å². The van der Waals surface area contributed by atoms with E-state index >= 15 is 0 Å². The van der Waals surface area contributed by atoms with Gasteiger partial charge >= 0.3 is 0 Å². The molecule has 1 N–H and O–H groups in total. The fraction of sp³-hybridized carbons (Fsp3) is 0.556. The molecule has 0 bridgehead atoms. The lowest BCUT2D eigenvalue weighted by molar-refractivity contribution is -0.117. The molecule has 0 radical (unpaired) electrons. The maximum absolute atomic E-state index is 12.0. The molecule has 1 saturated carbocycles. The van der Waals surface area contributed by atoms with Crippen molar-refractivity contribution in [2.75, 3.05) is 23.9 Å². The molecule has 3 aliphatic rings. The summed E-state index contributed by atoms with van der Waals surface area (Å²) < 4.78 is 26.8. The third-order valence-corrected chi connectivity index (χ3v) is 6.50. The van der Waals surface area contributed by atoms with E-state index in [4.69, 9.17) is 9.82 Å². The van der Waals surface area contributed by atoms with Crippen LogP contribution in [0.25, 0.3) is 0 Å². The van der Waals surface area contributed by atoms with Gasteiger partial charge in [-0.3, -0.25) is 9.83 Å². The van der Waals surface area contributed by atoms with Crippen molar-refractivity contribution in [2.24, 2.45) is 10.9 Å². The molecule has 9 heteroatoms. The van der Waals surface area contributed by atoms with Gasteiger partial charge in [-0.25, -0.2) is 23.2 Å². The molecule has 0 spiro atoms. The van der Waals surface area contributed by atoms with Crippen molar-refractivity contribution in [3.8, 4) is 0 Å². The highest BCUT2D eigenvalue weighted by atomic mass is 32.2. The van der Waals surface area contributed by atoms with E-state index in [1.165, 1.54) is 12.8 Å². The predicted molar refractivity (Wildman–Crippen MR) is 104 cm³/mol. The van der Waals surface area contributed by atoms with Gasteiger partial charge in [0.2, 0.25) is 10.0 Å². The van der Waals surface area contributed by atoms with Gasteiger partial charge in [-0.05, 0) is 51.7 Å². The summed E-state index contributed by atoms with van der Waals surface area (Å²) in [6, 6.07) is 3.70. The van der Waals surface area contributed by atoms with Gasteiger partial charge in [-0.2, -0.15) is 0 Å². The molecule has 0 amide bonds. The molecular weight excluding hydrogens is 366 g/mol. The molecule has 27 heavy (non-hydrogen) atoms. The van der Waals surface area contributed by atoms with Crippen LogP contribution < -0.4 is 9.62 Å². The molecule has 1 aromatic heterocycles. The number of hydrogen-bond donors (Lipinski definition) is 1. The van der Waals surface area contributed by atoms with Crippen LogP contribution in [0.5, 0.6) is 0 Å². The summed E-state index contributed by atoms with van der Waals surface area (Å²) in [7, 11) is -3.36. The Bertz CT molecular complexity index is 906. The van der Waals surface area contributed by atoms with Crippen molar-refractivity contribution in [1.82, 2.24) is 14.8 Å². The van der Waals surface area contributed by atoms with Crippen LogP contribution in [0.4, 0.5) is 11.5 Å². The minimum atomic E-state index is -3.36. The van der Waals surface area contributed by atoms with Crippen LogP contribution in [0.3, 0.4) is 0 Å². The number of aromatic nitrogens is 1. The smallest absolute Gasteiger partial charge is 0.212 e. The zero-order valence-corrected chi connectivity index (χ0v) is 16.7. The molecule has 8 nitrogen and oxygen atoms in total. The Labute approximate surface area is 159 Å². The van der Waals surface area contributed by atoms with Gasteiger partial charge in [0, 0.05) is 0 Å². The SMILES string of the molecule is CCS(=O)(=O)NC(C)(C)c1ccc2c(n1)N1CN(OCC3CC3)C=C1C=N2. The third kappa shape index (κ3) is 3.85. The van der Waals surface area contributed by atoms with Crippen molar-refractivity contribution in [3.05, 3.63) is 29.7 Å². The van der Waals surface area contributed by atoms with Gasteiger partial charge in [0.05, 0.1) is 41.7 Å². The number of fused-ring (bicyclic) bond motifs is 3. The van der Waals surface area contributed by atoms with Crippen molar-refractivity contribution in [3.63, 3.8) is 0 Å². The van der Waals surface area contributed by atoms with Crippen LogP contribution >= 0.6 is 0 Å². The first kappa shape index (κ1) is 18.4. The van der Waals surface area contributed by atoms with Crippen LogP contribution in [-0.2, 0) is 20.4 Å². The Balaban J connectivity index is 1.57. The molecule has 0 atom stereocenters. The number of pyridine rings is 1. The monoisotopic (exact) mass is 391 g/mol. The lowest BCUT2D eigenvalue weighted by Crippen LogP contribution is -2.42. The first-order valence-corrected chi connectivity index (χ1v) is 10.9. The van der Waals surface area contributed by atoms with E-state index in [-0.39, 0.29) is 5.75 Å². The Morgan fingerprint density at radius 1 is 1.33 bits per heavy atom. The van der Waals surface area contributed by atoms with E-state index in [0.29, 0.717) is 24.1 Å². The van der Waals surface area contributed by atoms with Gasteiger partial charge in [-0.1, -0.05) is 0 Å². The van der Waals surface area contributed by atoms with E-state index in [1.54, 1.807) is 13.1 Å². The van der Waals surface area contributed by atoms with Gasteiger partial charge in [0.1, 0.15) is 12.4 Å². The summed E-state index contributed by atoms with van der Waals surface area (Å²) in [5, 5.41) is 1.81. The normalized spacial score (nSPS) is 19.1. The number of hydroxylamine groups is 2. The van der Waals surface area contributed by atoms with Crippen LogP contribution in [-0.4, -0.2) is 43.7 Å². The highest BCUT2D eigenvalue weighted by Gasteiger charge is 2.33. The number of sulfonamides is 1. The maximum Gasteiger partial charge on any atom is 0.212 e. The standard InChI is InChI=1S/C18H25N5O3S/c1-4-27(24,25)21-18(2,3)16-8-7-15-17(20-16)23-12-22(10-14(23)9-19-15)26-11-13-5-6-13/h7-10,13,21H,4-6,11-12H2,1-3H3. The van der Waals surface area contributed by atoms with Gasteiger partial charge in [0.25, 0.3) is 0 Å². The fourth-order valence-electron chi connectivity index (χ4n) is 3.07. The molecule has 4 rings (SSSR count). The van der Waals surface area contributed by atoms with Crippen molar-refractivity contribution >= 4 is 27.7 Å². The molecule has 3 heterocycles.